The summed E-state index contributed by atoms with van der Waals surface area (Å²) in [6.45, 7) is 4.39. The summed E-state index contributed by atoms with van der Waals surface area (Å²) < 4.78 is 5.48. The van der Waals surface area contributed by atoms with E-state index >= 15 is 0 Å². The molecule has 0 saturated carbocycles. The predicted molar refractivity (Wildman–Crippen MR) is 56.3 cm³/mol. The predicted octanol–water partition coefficient (Wildman–Crippen LogP) is 1.18. The Morgan fingerprint density at radius 2 is 2.27 bits per heavy atom. The molecule has 15 heavy (non-hydrogen) atoms. The van der Waals surface area contributed by atoms with Gasteiger partial charge in [0.05, 0.1) is 11.9 Å². The first-order valence-electron chi connectivity index (χ1n) is 4.89. The van der Waals surface area contributed by atoms with E-state index in [0.29, 0.717) is 12.4 Å². The Morgan fingerprint density at radius 3 is 2.87 bits per heavy atom. The second kappa shape index (κ2) is 3.86. The zero-order valence-corrected chi connectivity index (χ0v) is 8.87. The highest BCUT2D eigenvalue weighted by molar-refractivity contribution is 5.46. The lowest BCUT2D eigenvalue weighted by atomic mass is 10.4. The molecule has 0 atom stereocenters. The first kappa shape index (κ1) is 9.92. The van der Waals surface area contributed by atoms with Crippen molar-refractivity contribution < 1.29 is 4.42 Å². The third kappa shape index (κ3) is 1.92. The van der Waals surface area contributed by atoms with E-state index in [1.54, 1.807) is 6.20 Å². The summed E-state index contributed by atoms with van der Waals surface area (Å²) in [5.41, 5.74) is 7.14. The molecule has 2 aromatic heterocycles. The van der Waals surface area contributed by atoms with E-state index in [9.17, 15) is 0 Å². The van der Waals surface area contributed by atoms with Crippen LogP contribution in [0.15, 0.2) is 10.6 Å². The molecular formula is C10H14N4O. The lowest BCUT2D eigenvalue weighted by molar-refractivity contribution is 0.539. The summed E-state index contributed by atoms with van der Waals surface area (Å²) in [6.07, 6.45) is 2.45. The number of aromatic nitrogens is 3. The van der Waals surface area contributed by atoms with Crippen molar-refractivity contribution in [2.75, 3.05) is 6.54 Å². The number of aromatic amines is 1. The molecule has 0 aliphatic heterocycles. The number of aryl methyl sites for hydroxylation is 2. The number of rotatable bonds is 3. The molecule has 0 aliphatic carbocycles. The highest BCUT2D eigenvalue weighted by atomic mass is 16.4. The molecule has 0 fully saturated rings. The van der Waals surface area contributed by atoms with Crippen LogP contribution in [0.5, 0.6) is 0 Å². The lowest BCUT2D eigenvalue weighted by Gasteiger charge is -1.90. The van der Waals surface area contributed by atoms with Gasteiger partial charge in [-0.2, -0.15) is 0 Å². The van der Waals surface area contributed by atoms with Crippen LogP contribution in [0, 0.1) is 13.8 Å². The zero-order valence-electron chi connectivity index (χ0n) is 8.87. The van der Waals surface area contributed by atoms with Crippen LogP contribution in [-0.4, -0.2) is 21.5 Å². The summed E-state index contributed by atoms with van der Waals surface area (Å²) in [4.78, 5) is 11.6. The minimum atomic E-state index is 0.580. The maximum absolute atomic E-state index is 5.48. The zero-order chi connectivity index (χ0) is 10.8. The molecule has 0 saturated heterocycles. The standard InChI is InChI=1S/C10H14N4O/c1-6-7(2)15-10(13-6)8-5-12-9(14-8)3-4-11/h5H,3-4,11H2,1-2H3,(H,12,14). The van der Waals surface area contributed by atoms with Gasteiger partial charge in [0.1, 0.15) is 17.3 Å². The first-order valence-corrected chi connectivity index (χ1v) is 4.89. The Balaban J connectivity index is 2.28. The molecule has 0 aromatic carbocycles. The highest BCUT2D eigenvalue weighted by Gasteiger charge is 2.10. The van der Waals surface area contributed by atoms with Gasteiger partial charge in [-0.25, -0.2) is 9.97 Å². The fraction of sp³-hybridized carbons (Fsp3) is 0.400. The molecule has 5 heteroatoms. The van der Waals surface area contributed by atoms with Gasteiger partial charge in [-0.1, -0.05) is 0 Å². The van der Waals surface area contributed by atoms with E-state index in [1.807, 2.05) is 13.8 Å². The molecule has 0 bridgehead atoms. The van der Waals surface area contributed by atoms with Gasteiger partial charge in [0, 0.05) is 6.42 Å². The Bertz CT molecular complexity index is 438. The number of hydrogen-bond donors (Lipinski definition) is 2. The van der Waals surface area contributed by atoms with E-state index in [4.69, 9.17) is 10.2 Å². The van der Waals surface area contributed by atoms with E-state index in [1.165, 1.54) is 0 Å². The van der Waals surface area contributed by atoms with Crippen molar-refractivity contribution in [3.05, 3.63) is 23.5 Å². The SMILES string of the molecule is Cc1nc(-c2cnc(CCN)[nH]2)oc1C. The van der Waals surface area contributed by atoms with Crippen molar-refractivity contribution in [2.45, 2.75) is 20.3 Å². The summed E-state index contributed by atoms with van der Waals surface area (Å²) >= 11 is 0. The third-order valence-corrected chi connectivity index (χ3v) is 2.27. The monoisotopic (exact) mass is 206 g/mol. The van der Waals surface area contributed by atoms with Crippen LogP contribution in [0.3, 0.4) is 0 Å². The van der Waals surface area contributed by atoms with Crippen molar-refractivity contribution >= 4 is 0 Å². The van der Waals surface area contributed by atoms with Gasteiger partial charge in [0.15, 0.2) is 0 Å². The minimum Gasteiger partial charge on any atom is -0.440 e. The van der Waals surface area contributed by atoms with Gasteiger partial charge < -0.3 is 15.1 Å². The fourth-order valence-electron chi connectivity index (χ4n) is 1.32. The lowest BCUT2D eigenvalue weighted by Crippen LogP contribution is -2.03. The molecule has 2 heterocycles. The third-order valence-electron chi connectivity index (χ3n) is 2.27. The molecule has 0 unspecified atom stereocenters. The number of hydrogen-bond acceptors (Lipinski definition) is 4. The maximum atomic E-state index is 5.48. The normalized spacial score (nSPS) is 10.9. The summed E-state index contributed by atoms with van der Waals surface area (Å²) in [7, 11) is 0. The summed E-state index contributed by atoms with van der Waals surface area (Å²) in [6, 6.07) is 0. The van der Waals surface area contributed by atoms with Crippen LogP contribution in [0.4, 0.5) is 0 Å². The van der Waals surface area contributed by atoms with Gasteiger partial charge in [-0.3, -0.25) is 0 Å². The van der Waals surface area contributed by atoms with Crippen molar-refractivity contribution in [1.82, 2.24) is 15.0 Å². The number of oxazole rings is 1. The van der Waals surface area contributed by atoms with E-state index in [0.717, 1.165) is 29.4 Å². The molecule has 3 N–H and O–H groups in total. The molecule has 2 aromatic rings. The molecular weight excluding hydrogens is 192 g/mol. The Hall–Kier alpha value is -1.62. The van der Waals surface area contributed by atoms with Gasteiger partial charge in [0.25, 0.3) is 0 Å². The number of nitrogens with two attached hydrogens (primary N) is 1. The fourth-order valence-corrected chi connectivity index (χ4v) is 1.32. The van der Waals surface area contributed by atoms with Crippen molar-refractivity contribution in [3.8, 4) is 11.6 Å². The van der Waals surface area contributed by atoms with Gasteiger partial charge in [-0.05, 0) is 20.4 Å². The van der Waals surface area contributed by atoms with Crippen LogP contribution in [0.2, 0.25) is 0 Å². The van der Waals surface area contributed by atoms with Crippen LogP contribution in [0.1, 0.15) is 17.3 Å². The molecule has 5 nitrogen and oxygen atoms in total. The van der Waals surface area contributed by atoms with Crippen LogP contribution >= 0.6 is 0 Å². The molecule has 80 valence electrons. The van der Waals surface area contributed by atoms with Crippen molar-refractivity contribution in [3.63, 3.8) is 0 Å². The Kier molecular flexibility index (Phi) is 2.55. The average molecular weight is 206 g/mol. The first-order chi connectivity index (χ1) is 7.20. The minimum absolute atomic E-state index is 0.580. The molecule has 0 amide bonds. The smallest absolute Gasteiger partial charge is 0.244 e. The van der Waals surface area contributed by atoms with E-state index < -0.39 is 0 Å². The molecule has 0 aliphatic rings. The summed E-state index contributed by atoms with van der Waals surface area (Å²) in [5.74, 6) is 2.28. The topological polar surface area (TPSA) is 80.7 Å². The quantitative estimate of drug-likeness (QED) is 0.790. The number of nitrogens with zero attached hydrogens (tertiary/aromatic N) is 2. The maximum Gasteiger partial charge on any atom is 0.244 e. The van der Waals surface area contributed by atoms with Gasteiger partial charge in [0.2, 0.25) is 5.89 Å². The van der Waals surface area contributed by atoms with Crippen LogP contribution < -0.4 is 5.73 Å². The second-order valence-corrected chi connectivity index (χ2v) is 3.44. The molecule has 2 rings (SSSR count). The largest absolute Gasteiger partial charge is 0.440 e. The van der Waals surface area contributed by atoms with E-state index in [-0.39, 0.29) is 0 Å². The van der Waals surface area contributed by atoms with E-state index in [2.05, 4.69) is 15.0 Å². The van der Waals surface area contributed by atoms with Crippen LogP contribution in [0.25, 0.3) is 11.6 Å². The Labute approximate surface area is 87.7 Å². The summed E-state index contributed by atoms with van der Waals surface area (Å²) in [5, 5.41) is 0. The highest BCUT2D eigenvalue weighted by Crippen LogP contribution is 2.19. The number of nitrogens with one attached hydrogen (secondary N) is 1. The van der Waals surface area contributed by atoms with Crippen molar-refractivity contribution in [2.24, 2.45) is 5.73 Å². The van der Waals surface area contributed by atoms with Gasteiger partial charge >= 0.3 is 0 Å². The second-order valence-electron chi connectivity index (χ2n) is 3.44. The molecule has 0 radical (unpaired) electrons. The average Bonchev–Trinajstić information content (AvgIpc) is 2.76. The Morgan fingerprint density at radius 1 is 1.47 bits per heavy atom. The number of imidazole rings is 1. The molecule has 0 spiro atoms. The van der Waals surface area contributed by atoms with Gasteiger partial charge in [-0.15, -0.1) is 0 Å². The van der Waals surface area contributed by atoms with Crippen molar-refractivity contribution in [1.29, 1.82) is 0 Å². The number of H-pyrrole nitrogens is 1. The van der Waals surface area contributed by atoms with Crippen LogP contribution in [-0.2, 0) is 6.42 Å².